The van der Waals surface area contributed by atoms with Gasteiger partial charge >= 0.3 is 5.97 Å². The fourth-order valence-corrected chi connectivity index (χ4v) is 2.61. The number of ether oxygens (including phenoxy) is 1. The monoisotopic (exact) mass is 259 g/mol. The van der Waals surface area contributed by atoms with Crippen molar-refractivity contribution in [3.05, 3.63) is 29.8 Å². The summed E-state index contributed by atoms with van der Waals surface area (Å²) in [6.07, 6.45) is 4.22. The molecule has 0 N–H and O–H groups in total. The molecule has 1 aliphatic carbocycles. The highest BCUT2D eigenvalue weighted by Crippen LogP contribution is 2.29. The Morgan fingerprint density at radius 1 is 1.22 bits per heavy atom. The molecule has 1 aromatic rings. The molecule has 0 heterocycles. The number of hydrogen-bond donors (Lipinski definition) is 0. The van der Waals surface area contributed by atoms with E-state index in [0.717, 1.165) is 37.6 Å². The molecule has 1 aliphatic rings. The Hall–Kier alpha value is -1.09. The number of benzene rings is 1. The van der Waals surface area contributed by atoms with Crippen LogP contribution in [0.5, 0.6) is 5.75 Å². The number of hydrogen-bond acceptors (Lipinski definition) is 2. The predicted molar refractivity (Wildman–Crippen MR) is 72.7 cm³/mol. The minimum atomic E-state index is -0.0620. The first-order chi connectivity index (χ1) is 8.69. The van der Waals surface area contributed by atoms with Crippen LogP contribution in [0.1, 0.15) is 38.2 Å². The van der Waals surface area contributed by atoms with Crippen LogP contribution in [-0.2, 0) is 10.8 Å². The summed E-state index contributed by atoms with van der Waals surface area (Å²) in [7, 11) is 3.44. The fourth-order valence-electron chi connectivity index (χ4n) is 2.37. The van der Waals surface area contributed by atoms with Gasteiger partial charge in [-0.3, -0.25) is 4.79 Å². The summed E-state index contributed by atoms with van der Waals surface area (Å²) in [6.45, 7) is 2.25. The predicted octanol–water partition coefficient (Wildman–Crippen LogP) is 3.09. The zero-order chi connectivity index (χ0) is 13.0. The van der Waals surface area contributed by atoms with E-state index in [9.17, 15) is 4.79 Å². The van der Waals surface area contributed by atoms with Crippen LogP contribution in [0, 0.1) is 11.8 Å². The Morgan fingerprint density at radius 2 is 1.83 bits per heavy atom. The smallest absolute Gasteiger partial charge is 0.314 e. The SMILES string of the molecule is CC1CCC(C(=O)Oc2ccc(C[Si])cc2)CC1. The lowest BCUT2D eigenvalue weighted by molar-refractivity contribution is -0.140. The van der Waals surface area contributed by atoms with Crippen LogP contribution in [0.3, 0.4) is 0 Å². The quantitative estimate of drug-likeness (QED) is 0.474. The van der Waals surface area contributed by atoms with Gasteiger partial charge < -0.3 is 4.74 Å². The van der Waals surface area contributed by atoms with Gasteiger partial charge in [0.25, 0.3) is 0 Å². The van der Waals surface area contributed by atoms with Crippen LogP contribution in [0.2, 0.25) is 0 Å². The van der Waals surface area contributed by atoms with Gasteiger partial charge in [-0.05, 0) is 49.8 Å². The van der Waals surface area contributed by atoms with Gasteiger partial charge in [0.2, 0.25) is 0 Å². The van der Waals surface area contributed by atoms with E-state index < -0.39 is 0 Å². The summed E-state index contributed by atoms with van der Waals surface area (Å²) < 4.78 is 5.43. The third kappa shape index (κ3) is 3.45. The number of esters is 1. The first-order valence-corrected chi connectivity index (χ1v) is 7.35. The van der Waals surface area contributed by atoms with E-state index >= 15 is 0 Å². The second kappa shape index (κ2) is 6.18. The zero-order valence-electron chi connectivity index (χ0n) is 10.8. The van der Waals surface area contributed by atoms with E-state index in [4.69, 9.17) is 4.74 Å². The lowest BCUT2D eigenvalue weighted by Gasteiger charge is -2.24. The van der Waals surface area contributed by atoms with Crippen LogP contribution in [0.15, 0.2) is 24.3 Å². The van der Waals surface area contributed by atoms with E-state index in [1.807, 2.05) is 24.3 Å². The largest absolute Gasteiger partial charge is 0.426 e. The average Bonchev–Trinajstić information content (AvgIpc) is 2.40. The molecule has 1 fully saturated rings. The molecule has 18 heavy (non-hydrogen) atoms. The molecule has 2 rings (SSSR count). The van der Waals surface area contributed by atoms with Crippen LogP contribution in [0.4, 0.5) is 0 Å². The molecule has 3 heteroatoms. The minimum absolute atomic E-state index is 0.0620. The van der Waals surface area contributed by atoms with Crippen molar-refractivity contribution < 1.29 is 9.53 Å². The third-order valence-electron chi connectivity index (χ3n) is 3.70. The Kier molecular flexibility index (Phi) is 4.58. The topological polar surface area (TPSA) is 26.3 Å². The summed E-state index contributed by atoms with van der Waals surface area (Å²) in [5.74, 6) is 1.44. The number of rotatable bonds is 3. The van der Waals surface area contributed by atoms with Crippen molar-refractivity contribution in [3.63, 3.8) is 0 Å². The standard InChI is InChI=1S/C15H19O2Si/c1-11-2-6-13(7-3-11)15(16)17-14-8-4-12(10-18)5-9-14/h4-5,8-9,11,13H,2-3,6-7,10H2,1H3. The van der Waals surface area contributed by atoms with Crippen molar-refractivity contribution in [1.29, 1.82) is 0 Å². The molecule has 0 bridgehead atoms. The van der Waals surface area contributed by atoms with E-state index in [2.05, 4.69) is 17.2 Å². The molecular formula is C15H19O2Si. The molecule has 0 amide bonds. The maximum Gasteiger partial charge on any atom is 0.314 e. The molecule has 0 saturated heterocycles. The van der Waals surface area contributed by atoms with Gasteiger partial charge in [-0.1, -0.05) is 24.6 Å². The first kappa shape index (κ1) is 13.3. The van der Waals surface area contributed by atoms with E-state index in [1.165, 1.54) is 5.56 Å². The maximum absolute atomic E-state index is 12.0. The maximum atomic E-state index is 12.0. The molecule has 0 aromatic heterocycles. The number of carbonyl (C=O) groups excluding carboxylic acids is 1. The molecule has 0 aliphatic heterocycles. The Labute approximate surface area is 112 Å². The van der Waals surface area contributed by atoms with Gasteiger partial charge in [0.1, 0.15) is 5.75 Å². The second-order valence-corrected chi connectivity index (χ2v) is 5.55. The molecular weight excluding hydrogens is 240 g/mol. The van der Waals surface area contributed by atoms with Crippen molar-refractivity contribution in [2.24, 2.45) is 11.8 Å². The molecule has 1 aromatic carbocycles. The molecule has 0 spiro atoms. The van der Waals surface area contributed by atoms with Crippen molar-refractivity contribution in [2.75, 3.05) is 0 Å². The Morgan fingerprint density at radius 3 is 2.39 bits per heavy atom. The van der Waals surface area contributed by atoms with Gasteiger partial charge in [-0.15, -0.1) is 0 Å². The van der Waals surface area contributed by atoms with Gasteiger partial charge in [-0.25, -0.2) is 0 Å². The summed E-state index contributed by atoms with van der Waals surface area (Å²) in [6, 6.07) is 8.48. The third-order valence-corrected chi connectivity index (χ3v) is 4.10. The van der Waals surface area contributed by atoms with Crippen LogP contribution in [-0.4, -0.2) is 16.2 Å². The summed E-state index contributed by atoms with van der Waals surface area (Å²) in [4.78, 5) is 12.0. The lowest BCUT2D eigenvalue weighted by atomic mass is 9.83. The average molecular weight is 259 g/mol. The van der Waals surface area contributed by atoms with Crippen molar-refractivity contribution in [2.45, 2.75) is 38.7 Å². The van der Waals surface area contributed by atoms with E-state index in [0.29, 0.717) is 5.75 Å². The molecule has 0 unspecified atom stereocenters. The molecule has 95 valence electrons. The summed E-state index contributed by atoms with van der Waals surface area (Å²) >= 11 is 0. The van der Waals surface area contributed by atoms with Crippen LogP contribution >= 0.6 is 0 Å². The first-order valence-electron chi connectivity index (χ1n) is 6.64. The Balaban J connectivity index is 1.90. The number of carbonyl (C=O) groups is 1. The van der Waals surface area contributed by atoms with E-state index in [1.54, 1.807) is 0 Å². The summed E-state index contributed by atoms with van der Waals surface area (Å²) in [5, 5.41) is 0. The molecule has 3 radical (unpaired) electrons. The molecule has 0 atom stereocenters. The Bertz CT molecular complexity index is 391. The van der Waals surface area contributed by atoms with Gasteiger partial charge in [0.05, 0.1) is 5.92 Å². The summed E-state index contributed by atoms with van der Waals surface area (Å²) in [5.41, 5.74) is 1.18. The molecule has 1 saturated carbocycles. The van der Waals surface area contributed by atoms with Crippen LogP contribution in [0.25, 0.3) is 0 Å². The lowest BCUT2D eigenvalue weighted by Crippen LogP contribution is -2.24. The van der Waals surface area contributed by atoms with Gasteiger partial charge in [-0.2, -0.15) is 0 Å². The van der Waals surface area contributed by atoms with Gasteiger partial charge in [0.15, 0.2) is 0 Å². The van der Waals surface area contributed by atoms with Crippen molar-refractivity contribution >= 4 is 16.2 Å². The highest BCUT2D eigenvalue weighted by molar-refractivity contribution is 6.08. The van der Waals surface area contributed by atoms with Crippen molar-refractivity contribution in [1.82, 2.24) is 0 Å². The van der Waals surface area contributed by atoms with Crippen molar-refractivity contribution in [3.8, 4) is 5.75 Å². The minimum Gasteiger partial charge on any atom is -0.426 e. The second-order valence-electron chi connectivity index (χ2n) is 5.20. The normalized spacial score (nSPS) is 23.7. The molecule has 2 nitrogen and oxygen atoms in total. The highest BCUT2D eigenvalue weighted by Gasteiger charge is 2.25. The zero-order valence-corrected chi connectivity index (χ0v) is 11.8. The van der Waals surface area contributed by atoms with Gasteiger partial charge in [0, 0.05) is 10.2 Å². The van der Waals surface area contributed by atoms with E-state index in [-0.39, 0.29) is 11.9 Å². The van der Waals surface area contributed by atoms with Crippen LogP contribution < -0.4 is 4.74 Å². The highest BCUT2D eigenvalue weighted by atomic mass is 28.1. The fraction of sp³-hybridized carbons (Fsp3) is 0.533.